The van der Waals surface area contributed by atoms with Crippen LogP contribution in [0, 0.1) is 12.3 Å². The Bertz CT molecular complexity index is 442. The van der Waals surface area contributed by atoms with Gasteiger partial charge in [0.1, 0.15) is 5.82 Å². The second-order valence-corrected chi connectivity index (χ2v) is 5.69. The summed E-state index contributed by atoms with van der Waals surface area (Å²) in [4.78, 5) is 16.4. The standard InChI is InChI=1S/C14H21N3O/c1-10-5-8-15-11(9-10)17-13(18)12-14(2,3)6-4-7-16-12/h5,8-9,12,16H,4,6-7H2,1-3H3,(H,15,17,18). The Morgan fingerprint density at radius 2 is 2.33 bits per heavy atom. The maximum atomic E-state index is 12.3. The summed E-state index contributed by atoms with van der Waals surface area (Å²) in [5.74, 6) is 0.640. The first kappa shape index (κ1) is 13.0. The average molecular weight is 247 g/mol. The number of pyridine rings is 1. The molecule has 1 fully saturated rings. The van der Waals surface area contributed by atoms with Gasteiger partial charge >= 0.3 is 0 Å². The van der Waals surface area contributed by atoms with E-state index in [1.165, 1.54) is 0 Å². The molecule has 0 aromatic carbocycles. The smallest absolute Gasteiger partial charge is 0.243 e. The fourth-order valence-corrected chi connectivity index (χ4v) is 2.46. The van der Waals surface area contributed by atoms with Gasteiger partial charge in [-0.1, -0.05) is 13.8 Å². The number of anilines is 1. The lowest BCUT2D eigenvalue weighted by molar-refractivity contribution is -0.121. The van der Waals surface area contributed by atoms with E-state index in [-0.39, 0.29) is 17.4 Å². The predicted molar refractivity (Wildman–Crippen MR) is 72.4 cm³/mol. The van der Waals surface area contributed by atoms with Gasteiger partial charge in [-0.15, -0.1) is 0 Å². The topological polar surface area (TPSA) is 54.0 Å². The first-order valence-corrected chi connectivity index (χ1v) is 6.46. The van der Waals surface area contributed by atoms with Crippen molar-refractivity contribution in [1.29, 1.82) is 0 Å². The molecule has 0 aliphatic carbocycles. The molecule has 1 aromatic heterocycles. The summed E-state index contributed by atoms with van der Waals surface area (Å²) in [6.45, 7) is 7.16. The molecule has 2 N–H and O–H groups in total. The zero-order valence-corrected chi connectivity index (χ0v) is 11.3. The van der Waals surface area contributed by atoms with Gasteiger partial charge < -0.3 is 10.6 Å². The molecule has 2 rings (SSSR count). The molecule has 1 aliphatic rings. The molecule has 4 heteroatoms. The molecule has 0 spiro atoms. The number of hydrogen-bond donors (Lipinski definition) is 2. The van der Waals surface area contributed by atoms with Crippen LogP contribution in [-0.2, 0) is 4.79 Å². The molecule has 0 saturated carbocycles. The summed E-state index contributed by atoms with van der Waals surface area (Å²) in [5, 5.41) is 6.20. The van der Waals surface area contributed by atoms with Crippen LogP contribution in [0.4, 0.5) is 5.82 Å². The van der Waals surface area contributed by atoms with Crippen molar-refractivity contribution in [2.45, 2.75) is 39.7 Å². The number of carbonyl (C=O) groups excluding carboxylic acids is 1. The number of aromatic nitrogens is 1. The van der Waals surface area contributed by atoms with Gasteiger partial charge in [0, 0.05) is 6.20 Å². The number of nitrogens with one attached hydrogen (secondary N) is 2. The van der Waals surface area contributed by atoms with Gasteiger partial charge in [0.25, 0.3) is 0 Å². The Balaban J connectivity index is 2.07. The Morgan fingerprint density at radius 1 is 1.56 bits per heavy atom. The van der Waals surface area contributed by atoms with Crippen LogP contribution in [0.15, 0.2) is 18.3 Å². The minimum atomic E-state index is -0.145. The monoisotopic (exact) mass is 247 g/mol. The molecule has 18 heavy (non-hydrogen) atoms. The van der Waals surface area contributed by atoms with Crippen LogP contribution in [-0.4, -0.2) is 23.5 Å². The third-order valence-electron chi connectivity index (χ3n) is 3.56. The van der Waals surface area contributed by atoms with Gasteiger partial charge in [-0.2, -0.15) is 0 Å². The number of nitrogens with zero attached hydrogens (tertiary/aromatic N) is 1. The second kappa shape index (κ2) is 5.06. The van der Waals surface area contributed by atoms with Crippen molar-refractivity contribution < 1.29 is 4.79 Å². The maximum absolute atomic E-state index is 12.3. The summed E-state index contributed by atoms with van der Waals surface area (Å²) >= 11 is 0. The molecule has 1 aliphatic heterocycles. The molecule has 98 valence electrons. The lowest BCUT2D eigenvalue weighted by Crippen LogP contribution is -2.53. The summed E-state index contributed by atoms with van der Waals surface area (Å²) in [7, 11) is 0. The molecule has 2 heterocycles. The molecule has 1 aromatic rings. The van der Waals surface area contributed by atoms with Gasteiger partial charge in [0.2, 0.25) is 5.91 Å². The molecule has 1 atom stereocenters. The SMILES string of the molecule is Cc1ccnc(NC(=O)C2NCCCC2(C)C)c1. The lowest BCUT2D eigenvalue weighted by atomic mass is 9.77. The molecule has 1 amide bonds. The van der Waals surface area contributed by atoms with E-state index in [4.69, 9.17) is 0 Å². The van der Waals surface area contributed by atoms with Crippen LogP contribution in [0.2, 0.25) is 0 Å². The lowest BCUT2D eigenvalue weighted by Gasteiger charge is -2.38. The average Bonchev–Trinajstić information content (AvgIpc) is 2.28. The Morgan fingerprint density at radius 3 is 3.00 bits per heavy atom. The number of aryl methyl sites for hydroxylation is 1. The van der Waals surface area contributed by atoms with Gasteiger partial charge in [0.05, 0.1) is 6.04 Å². The molecule has 0 radical (unpaired) electrons. The summed E-state index contributed by atoms with van der Waals surface area (Å²) in [6, 6.07) is 3.65. The number of amides is 1. The van der Waals surface area contributed by atoms with Crippen molar-refractivity contribution in [1.82, 2.24) is 10.3 Å². The van der Waals surface area contributed by atoms with E-state index in [2.05, 4.69) is 29.5 Å². The van der Waals surface area contributed by atoms with E-state index in [0.29, 0.717) is 5.82 Å². The van der Waals surface area contributed by atoms with Crippen molar-refractivity contribution >= 4 is 11.7 Å². The molecule has 0 bridgehead atoms. The van der Waals surface area contributed by atoms with Crippen molar-refractivity contribution in [3.8, 4) is 0 Å². The van der Waals surface area contributed by atoms with Crippen LogP contribution < -0.4 is 10.6 Å². The predicted octanol–water partition coefficient (Wildman–Crippen LogP) is 2.11. The van der Waals surface area contributed by atoms with E-state index in [1.54, 1.807) is 6.20 Å². The fraction of sp³-hybridized carbons (Fsp3) is 0.571. The van der Waals surface area contributed by atoms with E-state index < -0.39 is 0 Å². The minimum Gasteiger partial charge on any atom is -0.309 e. The molecule has 1 saturated heterocycles. The van der Waals surface area contributed by atoms with E-state index in [0.717, 1.165) is 24.9 Å². The minimum absolute atomic E-state index is 0.00778. The van der Waals surface area contributed by atoms with Gasteiger partial charge in [-0.3, -0.25) is 4.79 Å². The van der Waals surface area contributed by atoms with Crippen molar-refractivity contribution in [3.05, 3.63) is 23.9 Å². The van der Waals surface area contributed by atoms with E-state index in [9.17, 15) is 4.79 Å². The van der Waals surface area contributed by atoms with Crippen molar-refractivity contribution in [2.75, 3.05) is 11.9 Å². The number of piperidine rings is 1. The highest BCUT2D eigenvalue weighted by Gasteiger charge is 2.37. The number of carbonyl (C=O) groups is 1. The highest BCUT2D eigenvalue weighted by Crippen LogP contribution is 2.30. The highest BCUT2D eigenvalue weighted by molar-refractivity contribution is 5.94. The van der Waals surface area contributed by atoms with Gasteiger partial charge in [0.15, 0.2) is 0 Å². The molecular formula is C14H21N3O. The Kier molecular flexibility index (Phi) is 3.66. The zero-order valence-electron chi connectivity index (χ0n) is 11.3. The summed E-state index contributed by atoms with van der Waals surface area (Å²) in [6.07, 6.45) is 3.91. The summed E-state index contributed by atoms with van der Waals surface area (Å²) < 4.78 is 0. The third-order valence-corrected chi connectivity index (χ3v) is 3.56. The Hall–Kier alpha value is -1.42. The van der Waals surface area contributed by atoms with Crippen LogP contribution in [0.5, 0.6) is 0 Å². The van der Waals surface area contributed by atoms with Gasteiger partial charge in [-0.25, -0.2) is 4.98 Å². The van der Waals surface area contributed by atoms with Crippen LogP contribution in [0.1, 0.15) is 32.3 Å². The molecular weight excluding hydrogens is 226 g/mol. The summed E-state index contributed by atoms with van der Waals surface area (Å²) in [5.41, 5.74) is 1.09. The zero-order chi connectivity index (χ0) is 13.2. The normalized spacial score (nSPS) is 22.5. The van der Waals surface area contributed by atoms with Crippen LogP contribution in [0.3, 0.4) is 0 Å². The first-order chi connectivity index (χ1) is 8.49. The third kappa shape index (κ3) is 2.88. The highest BCUT2D eigenvalue weighted by atomic mass is 16.2. The van der Waals surface area contributed by atoms with Gasteiger partial charge in [-0.05, 0) is 49.4 Å². The Labute approximate surface area is 108 Å². The molecule has 4 nitrogen and oxygen atoms in total. The molecule has 1 unspecified atom stereocenters. The van der Waals surface area contributed by atoms with E-state index in [1.807, 2.05) is 19.1 Å². The van der Waals surface area contributed by atoms with Crippen LogP contribution in [0.25, 0.3) is 0 Å². The van der Waals surface area contributed by atoms with Crippen molar-refractivity contribution in [2.24, 2.45) is 5.41 Å². The largest absolute Gasteiger partial charge is 0.309 e. The maximum Gasteiger partial charge on any atom is 0.243 e. The number of rotatable bonds is 2. The fourth-order valence-electron chi connectivity index (χ4n) is 2.46. The van der Waals surface area contributed by atoms with Crippen LogP contribution >= 0.6 is 0 Å². The van der Waals surface area contributed by atoms with Crippen molar-refractivity contribution in [3.63, 3.8) is 0 Å². The quantitative estimate of drug-likeness (QED) is 0.841. The number of hydrogen-bond acceptors (Lipinski definition) is 3. The first-order valence-electron chi connectivity index (χ1n) is 6.46. The second-order valence-electron chi connectivity index (χ2n) is 5.69. The van der Waals surface area contributed by atoms with E-state index >= 15 is 0 Å².